The van der Waals surface area contributed by atoms with Crippen molar-refractivity contribution in [1.82, 2.24) is 4.98 Å². The second-order valence-corrected chi connectivity index (χ2v) is 7.15. The van der Waals surface area contributed by atoms with E-state index in [9.17, 15) is 14.7 Å². The number of aromatic amines is 1. The average molecular weight is 372 g/mol. The molecule has 0 fully saturated rings. The summed E-state index contributed by atoms with van der Waals surface area (Å²) in [6, 6.07) is 3.98. The fourth-order valence-corrected chi connectivity index (χ4v) is 3.47. The van der Waals surface area contributed by atoms with Crippen LogP contribution in [0.15, 0.2) is 12.1 Å². The number of carbonyl (C=O) groups is 2. The van der Waals surface area contributed by atoms with Crippen LogP contribution in [0.2, 0.25) is 0 Å². The number of aromatic nitrogens is 1. The highest BCUT2D eigenvalue weighted by atomic mass is 16.5. The van der Waals surface area contributed by atoms with E-state index in [4.69, 9.17) is 4.74 Å². The first-order valence-electron chi connectivity index (χ1n) is 8.99. The zero-order valence-corrected chi connectivity index (χ0v) is 17.0. The molecule has 6 nitrogen and oxygen atoms in total. The molecule has 0 saturated heterocycles. The fourth-order valence-electron chi connectivity index (χ4n) is 3.47. The van der Waals surface area contributed by atoms with Crippen molar-refractivity contribution < 1.29 is 19.4 Å². The highest BCUT2D eigenvalue weighted by Crippen LogP contribution is 2.25. The van der Waals surface area contributed by atoms with Crippen molar-refractivity contribution in [2.45, 2.75) is 60.7 Å². The number of carbonyl (C=O) groups excluding carboxylic acids is 2. The molecule has 1 aromatic carbocycles. The summed E-state index contributed by atoms with van der Waals surface area (Å²) in [6.07, 6.45) is -1.66. The molecule has 1 aromatic heterocycles. The van der Waals surface area contributed by atoms with Crippen LogP contribution in [0.1, 0.15) is 64.0 Å². The van der Waals surface area contributed by atoms with Crippen LogP contribution in [0, 0.1) is 34.6 Å². The summed E-state index contributed by atoms with van der Waals surface area (Å²) in [4.78, 5) is 27.9. The van der Waals surface area contributed by atoms with Crippen molar-refractivity contribution in [3.05, 3.63) is 51.3 Å². The Morgan fingerprint density at radius 3 is 2.11 bits per heavy atom. The molecule has 0 aliphatic rings. The average Bonchev–Trinajstić information content (AvgIpc) is 2.85. The summed E-state index contributed by atoms with van der Waals surface area (Å²) >= 11 is 0. The van der Waals surface area contributed by atoms with Crippen molar-refractivity contribution in [2.75, 3.05) is 5.32 Å². The minimum absolute atomic E-state index is 0.255. The lowest BCUT2D eigenvalue weighted by Crippen LogP contribution is -2.30. The predicted octanol–water partition coefficient (Wildman–Crippen LogP) is 3.79. The van der Waals surface area contributed by atoms with Crippen molar-refractivity contribution in [2.24, 2.45) is 0 Å². The molecule has 0 saturated carbocycles. The van der Waals surface area contributed by atoms with Gasteiger partial charge in [-0.1, -0.05) is 17.7 Å². The summed E-state index contributed by atoms with van der Waals surface area (Å²) in [5.41, 5.74) is 6.03. The third-order valence-corrected chi connectivity index (χ3v) is 4.70. The van der Waals surface area contributed by atoms with E-state index in [-0.39, 0.29) is 5.69 Å². The number of aryl methyl sites for hydroxylation is 4. The topological polar surface area (TPSA) is 91.4 Å². The molecule has 0 unspecified atom stereocenters. The molecule has 27 heavy (non-hydrogen) atoms. The van der Waals surface area contributed by atoms with Crippen molar-refractivity contribution in [1.29, 1.82) is 0 Å². The minimum atomic E-state index is -0.962. The summed E-state index contributed by atoms with van der Waals surface area (Å²) < 4.78 is 5.34. The Labute approximate surface area is 159 Å². The standard InChI is InChI=1S/C21H28N2O4/c1-10-8-11(2)18(12(3)9-10)23-20(25)16(7)27-21(26)19-13(4)17(15(6)24)14(5)22-19/h8-9,15-16,22,24H,1-7H3,(H,23,25)/t15-,16-/m0/s1. The molecule has 3 N–H and O–H groups in total. The Balaban J connectivity index is 2.13. The van der Waals surface area contributed by atoms with Gasteiger partial charge in [0.15, 0.2) is 6.10 Å². The maximum atomic E-state index is 12.5. The molecule has 0 aliphatic carbocycles. The van der Waals surface area contributed by atoms with E-state index in [2.05, 4.69) is 10.3 Å². The number of rotatable bonds is 5. The number of esters is 1. The molecule has 6 heteroatoms. The van der Waals surface area contributed by atoms with E-state index in [1.165, 1.54) is 6.92 Å². The van der Waals surface area contributed by atoms with Gasteiger partial charge >= 0.3 is 5.97 Å². The first-order chi connectivity index (χ1) is 12.5. The van der Waals surface area contributed by atoms with Crippen molar-refractivity contribution >= 4 is 17.6 Å². The number of nitrogens with one attached hydrogen (secondary N) is 2. The lowest BCUT2D eigenvalue weighted by Gasteiger charge is -2.17. The first-order valence-corrected chi connectivity index (χ1v) is 8.99. The molecule has 0 spiro atoms. The smallest absolute Gasteiger partial charge is 0.355 e. The summed E-state index contributed by atoms with van der Waals surface area (Å²) in [7, 11) is 0. The molecule has 2 rings (SSSR count). The van der Waals surface area contributed by atoms with Crippen molar-refractivity contribution in [3.63, 3.8) is 0 Å². The van der Waals surface area contributed by atoms with Gasteiger partial charge in [0.1, 0.15) is 5.69 Å². The van der Waals surface area contributed by atoms with E-state index in [0.29, 0.717) is 16.8 Å². The van der Waals surface area contributed by atoms with Gasteiger partial charge in [-0.3, -0.25) is 4.79 Å². The molecule has 0 bridgehead atoms. The minimum Gasteiger partial charge on any atom is -0.448 e. The van der Waals surface area contributed by atoms with Crippen LogP contribution in [-0.2, 0) is 9.53 Å². The first kappa shape index (κ1) is 20.7. The number of hydrogen-bond donors (Lipinski definition) is 3. The number of aliphatic hydroxyl groups is 1. The van der Waals surface area contributed by atoms with Crippen LogP contribution < -0.4 is 5.32 Å². The molecule has 0 aliphatic heterocycles. The lowest BCUT2D eigenvalue weighted by atomic mass is 10.0. The highest BCUT2D eigenvalue weighted by molar-refractivity contribution is 5.98. The molecule has 2 aromatic rings. The van der Waals surface area contributed by atoms with Gasteiger partial charge in [-0.15, -0.1) is 0 Å². The normalized spacial score (nSPS) is 13.2. The van der Waals surface area contributed by atoms with Crippen molar-refractivity contribution in [3.8, 4) is 0 Å². The molecule has 0 radical (unpaired) electrons. The Morgan fingerprint density at radius 1 is 1.07 bits per heavy atom. The maximum Gasteiger partial charge on any atom is 0.355 e. The Bertz CT molecular complexity index is 858. The van der Waals surface area contributed by atoms with Gasteiger partial charge in [0.25, 0.3) is 5.91 Å². The molecule has 2 atom stereocenters. The summed E-state index contributed by atoms with van der Waals surface area (Å²) in [5, 5.41) is 12.7. The zero-order valence-electron chi connectivity index (χ0n) is 17.0. The zero-order chi connectivity index (χ0) is 20.5. The molecule has 1 amide bonds. The molecular weight excluding hydrogens is 344 g/mol. The number of H-pyrrole nitrogens is 1. The predicted molar refractivity (Wildman–Crippen MR) is 105 cm³/mol. The van der Waals surface area contributed by atoms with Gasteiger partial charge in [0.05, 0.1) is 6.10 Å². The number of amides is 1. The third-order valence-electron chi connectivity index (χ3n) is 4.70. The van der Waals surface area contributed by atoms with E-state index in [1.54, 1.807) is 20.8 Å². The lowest BCUT2D eigenvalue weighted by molar-refractivity contribution is -0.123. The van der Waals surface area contributed by atoms with Crippen LogP contribution in [0.3, 0.4) is 0 Å². The van der Waals surface area contributed by atoms with E-state index >= 15 is 0 Å². The number of anilines is 1. The van der Waals surface area contributed by atoms with Gasteiger partial charge in [-0.05, 0) is 65.2 Å². The Kier molecular flexibility index (Phi) is 6.11. The Hall–Kier alpha value is -2.60. The molecule has 1 heterocycles. The van der Waals surface area contributed by atoms with Gasteiger partial charge in [0, 0.05) is 16.9 Å². The number of aliphatic hydroxyl groups excluding tert-OH is 1. The van der Waals surface area contributed by atoms with Gasteiger partial charge < -0.3 is 20.1 Å². The highest BCUT2D eigenvalue weighted by Gasteiger charge is 2.25. The number of benzene rings is 1. The summed E-state index contributed by atoms with van der Waals surface area (Å²) in [5.74, 6) is -1.02. The van der Waals surface area contributed by atoms with Gasteiger partial charge in [0.2, 0.25) is 0 Å². The molecule has 146 valence electrons. The van der Waals surface area contributed by atoms with Crippen LogP contribution in [-0.4, -0.2) is 28.1 Å². The quantitative estimate of drug-likeness (QED) is 0.696. The van der Waals surface area contributed by atoms with E-state index in [0.717, 1.165) is 22.4 Å². The maximum absolute atomic E-state index is 12.5. The second-order valence-electron chi connectivity index (χ2n) is 7.15. The van der Waals surface area contributed by atoms with Crippen LogP contribution >= 0.6 is 0 Å². The van der Waals surface area contributed by atoms with Crippen LogP contribution in [0.4, 0.5) is 5.69 Å². The van der Waals surface area contributed by atoms with Crippen LogP contribution in [0.25, 0.3) is 0 Å². The Morgan fingerprint density at radius 2 is 1.63 bits per heavy atom. The SMILES string of the molecule is Cc1cc(C)c(NC(=O)[C@H](C)OC(=O)c2[nH]c(C)c([C@H](C)O)c2C)c(C)c1. The number of hydrogen-bond acceptors (Lipinski definition) is 4. The van der Waals surface area contributed by atoms with Gasteiger partial charge in [-0.2, -0.15) is 0 Å². The monoisotopic (exact) mass is 372 g/mol. The van der Waals surface area contributed by atoms with Gasteiger partial charge in [-0.25, -0.2) is 4.79 Å². The summed E-state index contributed by atoms with van der Waals surface area (Å²) in [6.45, 7) is 12.5. The third kappa shape index (κ3) is 4.39. The number of ether oxygens (including phenoxy) is 1. The van der Waals surface area contributed by atoms with Crippen LogP contribution in [0.5, 0.6) is 0 Å². The second kappa shape index (κ2) is 7.96. The van der Waals surface area contributed by atoms with E-state index in [1.807, 2.05) is 32.9 Å². The molecular formula is C21H28N2O4. The van der Waals surface area contributed by atoms with E-state index < -0.39 is 24.1 Å². The largest absolute Gasteiger partial charge is 0.448 e. The fraction of sp³-hybridized carbons (Fsp3) is 0.429.